The number of nitrogens with two attached hydrogens (primary N) is 1. The van der Waals surface area contributed by atoms with Gasteiger partial charge in [-0.25, -0.2) is 0 Å². The summed E-state index contributed by atoms with van der Waals surface area (Å²) in [5.41, 5.74) is 5.21. The number of hydrogen-bond acceptors (Lipinski definition) is 5. The molecule has 0 bridgehead atoms. The Hall–Kier alpha value is -1.79. The molecule has 0 spiro atoms. The lowest BCUT2D eigenvalue weighted by molar-refractivity contribution is -0.125. The number of fused-ring (bicyclic) bond motifs is 1. The number of primary amides is 1. The van der Waals surface area contributed by atoms with E-state index in [9.17, 15) is 9.90 Å². The molecule has 1 saturated heterocycles. The Morgan fingerprint density at radius 3 is 3.10 bits per heavy atom. The van der Waals surface area contributed by atoms with E-state index in [4.69, 9.17) is 15.2 Å². The monoisotopic (exact) mass is 278 g/mol. The highest BCUT2D eigenvalue weighted by Crippen LogP contribution is 2.39. The van der Waals surface area contributed by atoms with Gasteiger partial charge >= 0.3 is 0 Å². The maximum Gasteiger partial charge on any atom is 0.246 e. The molecule has 3 rings (SSSR count). The SMILES string of the molecule is NC(=O)C1(NCC2CCCO2)COc2cc(O)ccc21. The van der Waals surface area contributed by atoms with Crippen molar-refractivity contribution in [2.75, 3.05) is 19.8 Å². The van der Waals surface area contributed by atoms with Crippen molar-refractivity contribution in [3.63, 3.8) is 0 Å². The van der Waals surface area contributed by atoms with Crippen LogP contribution in [0.15, 0.2) is 18.2 Å². The number of carbonyl (C=O) groups is 1. The Kier molecular flexibility index (Phi) is 3.27. The number of phenols is 1. The first kappa shape index (κ1) is 13.2. The minimum Gasteiger partial charge on any atom is -0.508 e. The summed E-state index contributed by atoms with van der Waals surface area (Å²) in [6, 6.07) is 4.69. The van der Waals surface area contributed by atoms with E-state index in [-0.39, 0.29) is 18.5 Å². The summed E-state index contributed by atoms with van der Waals surface area (Å²) in [5.74, 6) is 0.103. The van der Waals surface area contributed by atoms with Crippen molar-refractivity contribution in [1.82, 2.24) is 5.32 Å². The number of carbonyl (C=O) groups excluding carboxylic acids is 1. The van der Waals surface area contributed by atoms with Gasteiger partial charge in [-0.3, -0.25) is 10.1 Å². The molecule has 0 aromatic heterocycles. The number of rotatable bonds is 4. The molecule has 0 radical (unpaired) electrons. The standard InChI is InChI=1S/C14H18N2O4/c15-13(18)14(16-7-10-2-1-5-19-10)8-20-12-6-9(17)3-4-11(12)14/h3-4,6,10,16-17H,1-2,5,7-8H2,(H2,15,18). The van der Waals surface area contributed by atoms with E-state index >= 15 is 0 Å². The lowest BCUT2D eigenvalue weighted by atomic mass is 9.90. The number of hydrogen-bond donors (Lipinski definition) is 3. The maximum atomic E-state index is 12.0. The highest BCUT2D eigenvalue weighted by molar-refractivity contribution is 5.88. The van der Waals surface area contributed by atoms with Crippen LogP contribution in [0.1, 0.15) is 18.4 Å². The van der Waals surface area contributed by atoms with Crippen LogP contribution >= 0.6 is 0 Å². The van der Waals surface area contributed by atoms with Crippen LogP contribution in [0.2, 0.25) is 0 Å². The molecule has 0 aliphatic carbocycles. The number of aromatic hydroxyl groups is 1. The molecule has 20 heavy (non-hydrogen) atoms. The Morgan fingerprint density at radius 1 is 1.55 bits per heavy atom. The van der Waals surface area contributed by atoms with Crippen LogP contribution in [0.5, 0.6) is 11.5 Å². The van der Waals surface area contributed by atoms with Gasteiger partial charge in [-0.15, -0.1) is 0 Å². The van der Waals surface area contributed by atoms with Gasteiger partial charge in [0.15, 0.2) is 5.54 Å². The Balaban J connectivity index is 1.85. The predicted molar refractivity (Wildman–Crippen MR) is 71.5 cm³/mol. The molecule has 2 unspecified atom stereocenters. The fraction of sp³-hybridized carbons (Fsp3) is 0.500. The van der Waals surface area contributed by atoms with Gasteiger partial charge in [0.05, 0.1) is 6.10 Å². The molecular formula is C14H18N2O4. The van der Waals surface area contributed by atoms with E-state index < -0.39 is 11.4 Å². The Labute approximate surface area is 116 Å². The molecular weight excluding hydrogens is 260 g/mol. The van der Waals surface area contributed by atoms with Crippen molar-refractivity contribution < 1.29 is 19.4 Å². The minimum atomic E-state index is -1.05. The van der Waals surface area contributed by atoms with E-state index in [1.807, 2.05) is 0 Å². The molecule has 1 aromatic rings. The predicted octanol–water partition coefficient (Wildman–Crippen LogP) is 0.234. The summed E-state index contributed by atoms with van der Waals surface area (Å²) in [4.78, 5) is 12.0. The highest BCUT2D eigenvalue weighted by atomic mass is 16.5. The van der Waals surface area contributed by atoms with Gasteiger partial charge < -0.3 is 20.3 Å². The van der Waals surface area contributed by atoms with Crippen LogP contribution < -0.4 is 15.8 Å². The van der Waals surface area contributed by atoms with Gasteiger partial charge in [0.2, 0.25) is 5.91 Å². The molecule has 1 aromatic carbocycles. The number of phenolic OH excluding ortho intramolecular Hbond substituents is 1. The van der Waals surface area contributed by atoms with E-state index in [1.54, 1.807) is 6.07 Å². The number of benzene rings is 1. The van der Waals surface area contributed by atoms with Crippen molar-refractivity contribution in [2.45, 2.75) is 24.5 Å². The van der Waals surface area contributed by atoms with Gasteiger partial charge in [0.25, 0.3) is 0 Å². The summed E-state index contributed by atoms with van der Waals surface area (Å²) in [7, 11) is 0. The third-order valence-electron chi connectivity index (χ3n) is 3.95. The summed E-state index contributed by atoms with van der Waals surface area (Å²) in [6.45, 7) is 1.44. The van der Waals surface area contributed by atoms with Crippen LogP contribution in [0.4, 0.5) is 0 Å². The minimum absolute atomic E-state index is 0.100. The quantitative estimate of drug-likeness (QED) is 0.733. The van der Waals surface area contributed by atoms with Crippen LogP contribution in [-0.4, -0.2) is 36.9 Å². The van der Waals surface area contributed by atoms with Gasteiger partial charge in [-0.2, -0.15) is 0 Å². The van der Waals surface area contributed by atoms with Crippen molar-refractivity contribution in [3.8, 4) is 11.5 Å². The van der Waals surface area contributed by atoms with Crippen molar-refractivity contribution >= 4 is 5.91 Å². The van der Waals surface area contributed by atoms with Gasteiger partial charge in [-0.1, -0.05) is 0 Å². The topological polar surface area (TPSA) is 93.8 Å². The van der Waals surface area contributed by atoms with Crippen LogP contribution in [0.25, 0.3) is 0 Å². The second-order valence-corrected chi connectivity index (χ2v) is 5.25. The molecule has 2 heterocycles. The zero-order valence-electron chi connectivity index (χ0n) is 11.1. The average Bonchev–Trinajstić information content (AvgIpc) is 3.03. The second kappa shape index (κ2) is 4.96. The molecule has 6 heteroatoms. The van der Waals surface area contributed by atoms with E-state index in [2.05, 4.69) is 5.32 Å². The summed E-state index contributed by atoms with van der Waals surface area (Å²) >= 11 is 0. The van der Waals surface area contributed by atoms with E-state index in [1.165, 1.54) is 12.1 Å². The molecule has 4 N–H and O–H groups in total. The fourth-order valence-electron chi connectivity index (χ4n) is 2.78. The first-order chi connectivity index (χ1) is 9.62. The van der Waals surface area contributed by atoms with Crippen LogP contribution in [-0.2, 0) is 15.1 Å². The molecule has 108 valence electrons. The smallest absolute Gasteiger partial charge is 0.246 e. The maximum absolute atomic E-state index is 12.0. The van der Waals surface area contributed by atoms with Gasteiger partial charge in [0.1, 0.15) is 18.1 Å². The molecule has 1 fully saturated rings. The molecule has 2 aliphatic rings. The fourth-order valence-corrected chi connectivity index (χ4v) is 2.78. The second-order valence-electron chi connectivity index (χ2n) is 5.25. The molecule has 1 amide bonds. The summed E-state index contributed by atoms with van der Waals surface area (Å²) < 4.78 is 11.1. The molecule has 2 aliphatic heterocycles. The third kappa shape index (κ3) is 2.10. The van der Waals surface area contributed by atoms with Crippen molar-refractivity contribution in [3.05, 3.63) is 23.8 Å². The lowest BCUT2D eigenvalue weighted by Gasteiger charge is -2.27. The average molecular weight is 278 g/mol. The van der Waals surface area contributed by atoms with E-state index in [0.29, 0.717) is 17.9 Å². The highest BCUT2D eigenvalue weighted by Gasteiger charge is 2.46. The van der Waals surface area contributed by atoms with Gasteiger partial charge in [-0.05, 0) is 25.0 Å². The first-order valence-corrected chi connectivity index (χ1v) is 6.75. The van der Waals surface area contributed by atoms with Crippen molar-refractivity contribution in [2.24, 2.45) is 5.73 Å². The Bertz CT molecular complexity index is 528. The zero-order valence-corrected chi connectivity index (χ0v) is 11.1. The molecule has 6 nitrogen and oxygen atoms in total. The van der Waals surface area contributed by atoms with Crippen molar-refractivity contribution in [1.29, 1.82) is 0 Å². The van der Waals surface area contributed by atoms with Gasteiger partial charge in [0, 0.05) is 24.8 Å². The third-order valence-corrected chi connectivity index (χ3v) is 3.95. The van der Waals surface area contributed by atoms with Crippen LogP contribution in [0, 0.1) is 0 Å². The molecule has 0 saturated carbocycles. The Morgan fingerprint density at radius 2 is 2.40 bits per heavy atom. The number of amides is 1. The lowest BCUT2D eigenvalue weighted by Crippen LogP contribution is -2.55. The van der Waals surface area contributed by atoms with E-state index in [0.717, 1.165) is 19.4 Å². The number of ether oxygens (including phenoxy) is 2. The first-order valence-electron chi connectivity index (χ1n) is 6.75. The molecule has 2 atom stereocenters. The van der Waals surface area contributed by atoms with Crippen LogP contribution in [0.3, 0.4) is 0 Å². The summed E-state index contributed by atoms with van der Waals surface area (Å²) in [5, 5.41) is 12.7. The largest absolute Gasteiger partial charge is 0.508 e. The zero-order chi connectivity index (χ0) is 14.2. The number of nitrogens with one attached hydrogen (secondary N) is 1. The normalized spacial score (nSPS) is 28.1. The summed E-state index contributed by atoms with van der Waals surface area (Å²) in [6.07, 6.45) is 2.12.